The summed E-state index contributed by atoms with van der Waals surface area (Å²) >= 11 is 2.79. The van der Waals surface area contributed by atoms with Crippen molar-refractivity contribution in [1.82, 2.24) is 37.1 Å². The summed E-state index contributed by atoms with van der Waals surface area (Å²) in [5.41, 5.74) is 14.5. The van der Waals surface area contributed by atoms with Crippen LogP contribution in [-0.4, -0.2) is 153 Å². The third-order valence-electron chi connectivity index (χ3n) is 12.4. The van der Waals surface area contributed by atoms with Gasteiger partial charge in [-0.1, -0.05) is 42.4 Å². The maximum Gasteiger partial charge on any atom is 0.426 e. The number of halogens is 3. The maximum absolute atomic E-state index is 13.6. The van der Waals surface area contributed by atoms with Gasteiger partial charge in [0.25, 0.3) is 11.1 Å². The molecule has 1 aromatic heterocycles. The lowest BCUT2D eigenvalue weighted by Crippen LogP contribution is -2.48. The molecule has 0 spiro atoms. The second-order valence-electron chi connectivity index (χ2n) is 18.2. The Kier molecular flexibility index (Phi) is 23.4. The minimum absolute atomic E-state index is 0.0236. The van der Waals surface area contributed by atoms with E-state index in [-0.39, 0.29) is 65.8 Å². The van der Waals surface area contributed by atoms with E-state index < -0.39 is 47.3 Å². The van der Waals surface area contributed by atoms with Gasteiger partial charge in [-0.25, -0.2) is 15.8 Å². The number of esters is 1. The molecule has 0 saturated carbocycles. The highest BCUT2D eigenvalue weighted by Crippen LogP contribution is 2.42. The van der Waals surface area contributed by atoms with Crippen molar-refractivity contribution in [1.29, 1.82) is 0 Å². The molecule has 21 nitrogen and oxygen atoms in total. The molecule has 3 aromatic rings. The highest BCUT2D eigenvalue weighted by molar-refractivity contribution is 8.15. The van der Waals surface area contributed by atoms with Gasteiger partial charge in [-0.05, 0) is 79.6 Å². The number of nitrogens with two attached hydrogens (primary N) is 2. The highest BCUT2D eigenvalue weighted by Gasteiger charge is 2.65. The minimum Gasteiger partial charge on any atom is -0.492 e. The molecule has 0 aliphatic carbocycles. The van der Waals surface area contributed by atoms with Crippen molar-refractivity contribution in [2.75, 3.05) is 83.6 Å². The Morgan fingerprint density at radius 3 is 2.09 bits per heavy atom. The number of imide groups is 1. The number of carbonyl (C=O) groups excluding carboxylic acids is 6. The zero-order valence-corrected chi connectivity index (χ0v) is 43.8. The molecule has 5 amide bonds. The topological polar surface area (TPSA) is 309 Å². The molecule has 10 N–H and O–H groups in total. The third kappa shape index (κ3) is 18.9. The molecule has 6 rings (SSSR count). The van der Waals surface area contributed by atoms with E-state index >= 15 is 0 Å². The van der Waals surface area contributed by atoms with Gasteiger partial charge in [0.05, 0.1) is 50.8 Å². The molecular weight excluding hydrogens is 1040 g/mol. The van der Waals surface area contributed by atoms with E-state index in [1.807, 2.05) is 28.8 Å². The molecule has 3 saturated heterocycles. The fourth-order valence-corrected chi connectivity index (χ4v) is 10.2. The van der Waals surface area contributed by atoms with E-state index in [1.54, 1.807) is 25.2 Å². The molecule has 5 atom stereocenters. The lowest BCUT2D eigenvalue weighted by molar-refractivity contribution is -0.165. The van der Waals surface area contributed by atoms with Crippen molar-refractivity contribution in [2.45, 2.75) is 91.8 Å². The van der Waals surface area contributed by atoms with E-state index in [4.69, 9.17) is 35.2 Å². The monoisotopic (exact) mass is 1100 g/mol. The lowest BCUT2D eigenvalue weighted by Gasteiger charge is -2.20. The van der Waals surface area contributed by atoms with Crippen LogP contribution in [0.3, 0.4) is 0 Å². The van der Waals surface area contributed by atoms with Crippen LogP contribution >= 0.6 is 23.5 Å². The van der Waals surface area contributed by atoms with Crippen LogP contribution in [0.2, 0.25) is 0 Å². The number of thioether (sulfide) groups is 2. The van der Waals surface area contributed by atoms with Gasteiger partial charge >= 0.3 is 12.1 Å². The van der Waals surface area contributed by atoms with Gasteiger partial charge in [0.1, 0.15) is 30.0 Å². The second-order valence-corrected chi connectivity index (χ2v) is 20.6. The van der Waals surface area contributed by atoms with Crippen molar-refractivity contribution >= 4 is 64.2 Å². The van der Waals surface area contributed by atoms with Crippen molar-refractivity contribution in [3.63, 3.8) is 0 Å². The Hall–Kier alpha value is -5.58. The van der Waals surface area contributed by atoms with Crippen LogP contribution in [0.5, 0.6) is 11.5 Å². The van der Waals surface area contributed by atoms with Gasteiger partial charge in [-0.15, -0.1) is 0 Å². The average Bonchev–Trinajstić information content (AvgIpc) is 4.09. The predicted molar refractivity (Wildman–Crippen MR) is 278 cm³/mol. The first-order valence-corrected chi connectivity index (χ1v) is 27.0. The SMILES string of the molecule is CN(CCOc1ccc(CC2SC(=O)NC2=O)cc1)c1ccc(OC(=O)C[C@@H](NC(=O)c2ccc(C3(C(F)(F)F)NN3)cc2)C(=O)NCCCOCCOCCOCCCNC(=O)CCCC[C@@H]2SC[C@H](N)[C@@H]2N)cn1. The number of alkyl halides is 3. The summed E-state index contributed by atoms with van der Waals surface area (Å²) in [7, 11) is 1.79. The molecular formula is C50H67F3N10O11S2. The first kappa shape index (κ1) is 59.7. The van der Waals surface area contributed by atoms with Gasteiger partial charge in [0, 0.05) is 68.4 Å². The number of pyridine rings is 1. The first-order valence-electron chi connectivity index (χ1n) is 25.1. The Morgan fingerprint density at radius 2 is 1.50 bits per heavy atom. The van der Waals surface area contributed by atoms with Crippen LogP contribution in [0, 0.1) is 0 Å². The summed E-state index contributed by atoms with van der Waals surface area (Å²) in [4.78, 5) is 81.6. The largest absolute Gasteiger partial charge is 0.492 e. The van der Waals surface area contributed by atoms with Gasteiger partial charge in [0.15, 0.2) is 0 Å². The number of benzene rings is 2. The number of hydrazine groups is 1. The molecule has 3 aliphatic heterocycles. The number of hydrogen-bond acceptors (Lipinski definition) is 19. The smallest absolute Gasteiger partial charge is 0.426 e. The first-order chi connectivity index (χ1) is 36.5. The average molecular weight is 1110 g/mol. The standard InChI is InChI=1S/C50H67F3N10O11S2/c1-63(20-23-73-35-14-8-32(9-15-35)28-40-47(68)60-48(69)76-40)41-17-16-36(30-58-41)74-43(65)29-38(59-45(66)33-10-12-34(13-11-33)49(61-62-49)50(51,52)53)46(67)57-19-5-22-71-25-27-72-26-24-70-21-4-18-56-42(64)7-3-2-6-39-44(55)37(54)31-75-39/h8-17,30,37-40,44,61-62H,2-7,18-29,31,54-55H2,1H3,(H,56,64)(H,57,67)(H,59,66)(H,60,68,69)/t37-,38+,39-,40?,44-/m0/s1. The quantitative estimate of drug-likeness (QED) is 0.0247. The summed E-state index contributed by atoms with van der Waals surface area (Å²) in [6, 6.07) is 13.6. The predicted octanol–water partition coefficient (Wildman–Crippen LogP) is 2.80. The van der Waals surface area contributed by atoms with E-state index in [0.717, 1.165) is 54.5 Å². The van der Waals surface area contributed by atoms with Crippen LogP contribution in [0.25, 0.3) is 0 Å². The summed E-state index contributed by atoms with van der Waals surface area (Å²) in [6.45, 7) is 3.44. The van der Waals surface area contributed by atoms with Crippen molar-refractivity contribution in [3.05, 3.63) is 83.6 Å². The van der Waals surface area contributed by atoms with E-state index in [1.165, 1.54) is 24.4 Å². The molecule has 3 aliphatic rings. The molecule has 1 unspecified atom stereocenters. The molecule has 4 heterocycles. The maximum atomic E-state index is 13.6. The molecule has 2 aromatic carbocycles. The Bertz CT molecular complexity index is 2380. The lowest BCUT2D eigenvalue weighted by atomic mass is 10.0. The number of unbranched alkanes of at least 4 members (excludes halogenated alkanes) is 1. The highest BCUT2D eigenvalue weighted by atomic mass is 32.2. The number of aromatic nitrogens is 1. The normalized spacial score (nSPS) is 19.1. The van der Waals surface area contributed by atoms with Crippen molar-refractivity contribution in [2.24, 2.45) is 11.5 Å². The van der Waals surface area contributed by atoms with Crippen LogP contribution < -0.4 is 58.0 Å². The molecule has 76 heavy (non-hydrogen) atoms. The molecule has 26 heteroatoms. The summed E-state index contributed by atoms with van der Waals surface area (Å²) < 4.78 is 68.9. The number of ether oxygens (including phenoxy) is 5. The number of carbonyl (C=O) groups is 6. The van der Waals surface area contributed by atoms with Gasteiger partial charge in [-0.2, -0.15) is 24.9 Å². The Balaban J connectivity index is 0.860. The van der Waals surface area contributed by atoms with Crippen LogP contribution in [0.4, 0.5) is 23.8 Å². The number of hydrogen-bond donors (Lipinski definition) is 8. The number of nitrogens with one attached hydrogen (secondary N) is 6. The fraction of sp³-hybridized carbons (Fsp3) is 0.540. The van der Waals surface area contributed by atoms with Gasteiger partial charge < -0.3 is 56.0 Å². The van der Waals surface area contributed by atoms with Gasteiger partial charge in [-0.3, -0.25) is 34.1 Å². The molecule has 0 radical (unpaired) electrons. The Morgan fingerprint density at radius 1 is 0.842 bits per heavy atom. The van der Waals surface area contributed by atoms with E-state index in [9.17, 15) is 41.9 Å². The van der Waals surface area contributed by atoms with Crippen LogP contribution in [-0.2, 0) is 45.5 Å². The van der Waals surface area contributed by atoms with Crippen molar-refractivity contribution in [3.8, 4) is 11.5 Å². The summed E-state index contributed by atoms with van der Waals surface area (Å²) in [6.07, 6.45) is 0.743. The fourth-order valence-electron chi connectivity index (χ4n) is 7.89. The van der Waals surface area contributed by atoms with Crippen molar-refractivity contribution < 1.29 is 65.6 Å². The van der Waals surface area contributed by atoms with E-state index in [0.29, 0.717) is 88.6 Å². The molecule has 0 bridgehead atoms. The van der Waals surface area contributed by atoms with Crippen LogP contribution in [0.15, 0.2) is 66.9 Å². The number of rotatable bonds is 33. The minimum atomic E-state index is -4.65. The summed E-state index contributed by atoms with van der Waals surface area (Å²) in [5, 5.41) is 9.94. The van der Waals surface area contributed by atoms with E-state index in [2.05, 4.69) is 37.1 Å². The second kappa shape index (κ2) is 29.8. The zero-order chi connectivity index (χ0) is 54.5. The molecule has 3 fully saturated rings. The summed E-state index contributed by atoms with van der Waals surface area (Å²) in [5.74, 6) is -0.570. The number of nitrogens with zero attached hydrogens (tertiary/aromatic N) is 2. The third-order valence-corrected chi connectivity index (χ3v) is 14.9. The number of likely N-dealkylation sites (N-methyl/N-ethyl adjacent to an activating group) is 1. The van der Waals surface area contributed by atoms with Gasteiger partial charge in [0.2, 0.25) is 23.4 Å². The Labute approximate surface area is 447 Å². The number of anilines is 1. The molecule has 416 valence electrons. The number of amides is 5. The van der Waals surface area contributed by atoms with Crippen LogP contribution in [0.1, 0.15) is 66.4 Å². The zero-order valence-electron chi connectivity index (χ0n) is 42.2.